The molecule has 0 heterocycles. The molecule has 2 heteroatoms. The fraction of sp³-hybridized carbons (Fsp3) is 1.00. The van der Waals surface area contributed by atoms with Crippen molar-refractivity contribution in [2.45, 2.75) is 52.2 Å². The highest BCUT2D eigenvalue weighted by atomic mass is 16.5. The van der Waals surface area contributed by atoms with E-state index in [1.165, 1.54) is 0 Å². The Hall–Kier alpha value is -0.0800. The molecule has 0 aromatic rings. The maximum Gasteiger partial charge on any atom is 0.116 e. The fourth-order valence-electron chi connectivity index (χ4n) is 1.40. The van der Waals surface area contributed by atoms with Crippen LogP contribution >= 0.6 is 0 Å². The van der Waals surface area contributed by atoms with Gasteiger partial charge in [0.2, 0.25) is 0 Å². The van der Waals surface area contributed by atoms with Crippen LogP contribution in [0.1, 0.15) is 46.5 Å². The molecule has 0 spiro atoms. The van der Waals surface area contributed by atoms with E-state index in [1.54, 1.807) is 0 Å². The van der Waals surface area contributed by atoms with Crippen LogP contribution in [0.25, 0.3) is 0 Å². The van der Waals surface area contributed by atoms with Gasteiger partial charge < -0.3 is 10.5 Å². The predicted molar refractivity (Wildman–Crippen MR) is 48.4 cm³/mol. The fourth-order valence-corrected chi connectivity index (χ4v) is 1.40. The van der Waals surface area contributed by atoms with E-state index in [2.05, 4.69) is 13.8 Å². The van der Waals surface area contributed by atoms with E-state index in [9.17, 15) is 0 Å². The summed E-state index contributed by atoms with van der Waals surface area (Å²) in [6, 6.07) is 0. The Balaban J connectivity index is 3.79. The molecule has 0 radical (unpaired) electrons. The van der Waals surface area contributed by atoms with Crippen LogP contribution in [0.4, 0.5) is 0 Å². The molecule has 0 rings (SSSR count). The third-order valence-electron chi connectivity index (χ3n) is 1.78. The molecule has 0 amide bonds. The van der Waals surface area contributed by atoms with Gasteiger partial charge in [0.1, 0.15) is 5.72 Å². The number of nitrogens with two attached hydrogens (primary N) is 1. The van der Waals surface area contributed by atoms with Crippen molar-refractivity contribution >= 4 is 0 Å². The first kappa shape index (κ1) is 10.9. The molecule has 0 saturated carbocycles. The molecule has 68 valence electrons. The van der Waals surface area contributed by atoms with Gasteiger partial charge in [-0.3, -0.25) is 0 Å². The van der Waals surface area contributed by atoms with Crippen LogP contribution in [0.3, 0.4) is 0 Å². The Morgan fingerprint density at radius 3 is 1.82 bits per heavy atom. The summed E-state index contributed by atoms with van der Waals surface area (Å²) in [4.78, 5) is 0. The SMILES string of the molecule is CCCC(N)(CCC)OCC. The van der Waals surface area contributed by atoms with E-state index in [1.807, 2.05) is 6.92 Å². The molecule has 2 nitrogen and oxygen atoms in total. The lowest BCUT2D eigenvalue weighted by atomic mass is 10.0. The summed E-state index contributed by atoms with van der Waals surface area (Å²) >= 11 is 0. The molecule has 0 fully saturated rings. The average Bonchev–Trinajstić information content (AvgIpc) is 1.88. The number of rotatable bonds is 6. The molecule has 0 aromatic carbocycles. The van der Waals surface area contributed by atoms with Crippen molar-refractivity contribution in [2.24, 2.45) is 5.73 Å². The van der Waals surface area contributed by atoms with Gasteiger partial charge in [-0.15, -0.1) is 0 Å². The second kappa shape index (κ2) is 5.56. The average molecular weight is 159 g/mol. The second-order valence-electron chi connectivity index (χ2n) is 3.00. The third kappa shape index (κ3) is 4.38. The van der Waals surface area contributed by atoms with Gasteiger partial charge in [0.15, 0.2) is 0 Å². The zero-order valence-corrected chi connectivity index (χ0v) is 8.02. The molecule has 0 bridgehead atoms. The highest BCUT2D eigenvalue weighted by molar-refractivity contribution is 4.71. The number of ether oxygens (including phenoxy) is 1. The van der Waals surface area contributed by atoms with Crippen LogP contribution in [-0.2, 0) is 4.74 Å². The predicted octanol–water partition coefficient (Wildman–Crippen LogP) is 2.28. The Kier molecular flexibility index (Phi) is 5.51. The van der Waals surface area contributed by atoms with Gasteiger partial charge in [-0.1, -0.05) is 26.7 Å². The highest BCUT2D eigenvalue weighted by Crippen LogP contribution is 2.17. The Labute approximate surface area is 70.1 Å². The molecular weight excluding hydrogens is 138 g/mol. The lowest BCUT2D eigenvalue weighted by Gasteiger charge is -2.28. The van der Waals surface area contributed by atoms with Crippen molar-refractivity contribution in [1.82, 2.24) is 0 Å². The van der Waals surface area contributed by atoms with Crippen molar-refractivity contribution in [3.05, 3.63) is 0 Å². The summed E-state index contributed by atoms with van der Waals surface area (Å²) < 4.78 is 5.49. The first-order valence-corrected chi connectivity index (χ1v) is 4.61. The minimum Gasteiger partial charge on any atom is -0.361 e. The van der Waals surface area contributed by atoms with Crippen molar-refractivity contribution in [3.63, 3.8) is 0 Å². The molecular formula is C9H21NO. The number of hydrogen-bond donors (Lipinski definition) is 1. The van der Waals surface area contributed by atoms with E-state index < -0.39 is 0 Å². The normalized spacial score (nSPS) is 12.0. The molecule has 2 N–H and O–H groups in total. The Morgan fingerprint density at radius 1 is 1.09 bits per heavy atom. The standard InChI is InChI=1S/C9H21NO/c1-4-7-9(10,8-5-2)11-6-3/h4-8,10H2,1-3H3. The number of hydrogen-bond acceptors (Lipinski definition) is 2. The quantitative estimate of drug-likeness (QED) is 0.603. The topological polar surface area (TPSA) is 35.2 Å². The molecule has 0 aliphatic carbocycles. The van der Waals surface area contributed by atoms with Gasteiger partial charge in [0, 0.05) is 6.61 Å². The van der Waals surface area contributed by atoms with E-state index in [0.717, 1.165) is 32.3 Å². The van der Waals surface area contributed by atoms with Gasteiger partial charge in [-0.2, -0.15) is 0 Å². The maximum atomic E-state index is 6.01. The second-order valence-corrected chi connectivity index (χ2v) is 3.00. The Bertz CT molecular complexity index is 76.5. The van der Waals surface area contributed by atoms with Crippen LogP contribution in [-0.4, -0.2) is 12.3 Å². The zero-order valence-electron chi connectivity index (χ0n) is 8.02. The summed E-state index contributed by atoms with van der Waals surface area (Å²) in [7, 11) is 0. The van der Waals surface area contributed by atoms with Crippen molar-refractivity contribution in [1.29, 1.82) is 0 Å². The molecule has 0 atom stereocenters. The van der Waals surface area contributed by atoms with Gasteiger partial charge >= 0.3 is 0 Å². The lowest BCUT2D eigenvalue weighted by Crippen LogP contribution is -2.42. The van der Waals surface area contributed by atoms with Crippen molar-refractivity contribution in [2.75, 3.05) is 6.61 Å². The van der Waals surface area contributed by atoms with E-state index in [4.69, 9.17) is 10.5 Å². The van der Waals surface area contributed by atoms with Gasteiger partial charge in [0.05, 0.1) is 0 Å². The van der Waals surface area contributed by atoms with Gasteiger partial charge in [0.25, 0.3) is 0 Å². The van der Waals surface area contributed by atoms with Crippen LogP contribution in [0.2, 0.25) is 0 Å². The van der Waals surface area contributed by atoms with Crippen molar-refractivity contribution in [3.8, 4) is 0 Å². The first-order chi connectivity index (χ1) is 5.18. The Morgan fingerprint density at radius 2 is 1.55 bits per heavy atom. The summed E-state index contributed by atoms with van der Waals surface area (Å²) in [5.41, 5.74) is 5.66. The monoisotopic (exact) mass is 159 g/mol. The molecule has 0 saturated heterocycles. The molecule has 0 aliphatic rings. The minimum atomic E-state index is -0.349. The largest absolute Gasteiger partial charge is 0.361 e. The smallest absolute Gasteiger partial charge is 0.116 e. The zero-order chi connectivity index (χ0) is 8.74. The van der Waals surface area contributed by atoms with E-state index in [-0.39, 0.29) is 5.72 Å². The van der Waals surface area contributed by atoms with Crippen LogP contribution in [0.5, 0.6) is 0 Å². The van der Waals surface area contributed by atoms with Crippen LogP contribution in [0.15, 0.2) is 0 Å². The highest BCUT2D eigenvalue weighted by Gasteiger charge is 2.22. The van der Waals surface area contributed by atoms with Crippen LogP contribution in [0, 0.1) is 0 Å². The maximum absolute atomic E-state index is 6.01. The first-order valence-electron chi connectivity index (χ1n) is 4.61. The summed E-state index contributed by atoms with van der Waals surface area (Å²) in [5, 5.41) is 0. The molecule has 0 aliphatic heterocycles. The van der Waals surface area contributed by atoms with E-state index in [0.29, 0.717) is 0 Å². The van der Waals surface area contributed by atoms with E-state index >= 15 is 0 Å². The molecule has 0 unspecified atom stereocenters. The van der Waals surface area contributed by atoms with Crippen LogP contribution < -0.4 is 5.73 Å². The lowest BCUT2D eigenvalue weighted by molar-refractivity contribution is -0.0479. The summed E-state index contributed by atoms with van der Waals surface area (Å²) in [5.74, 6) is 0. The molecule has 11 heavy (non-hydrogen) atoms. The van der Waals surface area contributed by atoms with Crippen molar-refractivity contribution < 1.29 is 4.74 Å². The summed E-state index contributed by atoms with van der Waals surface area (Å²) in [6.07, 6.45) is 4.12. The molecule has 0 aromatic heterocycles. The summed E-state index contributed by atoms with van der Waals surface area (Å²) in [6.45, 7) is 6.98. The van der Waals surface area contributed by atoms with Gasteiger partial charge in [-0.25, -0.2) is 0 Å². The van der Waals surface area contributed by atoms with Gasteiger partial charge in [-0.05, 0) is 19.8 Å². The minimum absolute atomic E-state index is 0.349. The third-order valence-corrected chi connectivity index (χ3v) is 1.78.